The Kier molecular flexibility index (Phi) is 6.20. The van der Waals surface area contributed by atoms with Gasteiger partial charge in [-0.25, -0.2) is 4.98 Å². The molecule has 0 bridgehead atoms. The number of rotatable bonds is 7. The molecule has 1 saturated heterocycles. The summed E-state index contributed by atoms with van der Waals surface area (Å²) in [7, 11) is 0. The van der Waals surface area contributed by atoms with Crippen LogP contribution in [0.2, 0.25) is 0 Å². The van der Waals surface area contributed by atoms with Crippen molar-refractivity contribution in [3.63, 3.8) is 0 Å². The Hall–Kier alpha value is -2.73. The minimum atomic E-state index is -0.147. The zero-order valence-corrected chi connectivity index (χ0v) is 17.5. The molecule has 3 aromatic rings. The molecule has 0 saturated carbocycles. The Balaban J connectivity index is 1.34. The average molecular weight is 407 g/mol. The summed E-state index contributed by atoms with van der Waals surface area (Å²) in [6, 6.07) is 18.6. The van der Waals surface area contributed by atoms with Crippen LogP contribution in [0.3, 0.4) is 0 Å². The molecule has 2 aromatic carbocycles. The predicted octanol–water partition coefficient (Wildman–Crippen LogP) is 3.77. The lowest BCUT2D eigenvalue weighted by Gasteiger charge is -2.22. The van der Waals surface area contributed by atoms with Crippen LogP contribution in [0.5, 0.6) is 0 Å². The molecule has 1 atom stereocenters. The van der Waals surface area contributed by atoms with E-state index in [1.54, 1.807) is 0 Å². The SMILES string of the molecule is Cc1ccc(Cc2nsc(N3CCCC3C(=O)NCCc3ccccc3)n2)cc1. The molecule has 0 spiro atoms. The number of amides is 1. The van der Waals surface area contributed by atoms with Crippen LogP contribution < -0.4 is 10.2 Å². The van der Waals surface area contributed by atoms with E-state index in [1.807, 2.05) is 18.2 Å². The monoisotopic (exact) mass is 406 g/mol. The summed E-state index contributed by atoms with van der Waals surface area (Å²) in [5.41, 5.74) is 3.69. The van der Waals surface area contributed by atoms with Crippen LogP contribution in [0.15, 0.2) is 54.6 Å². The van der Waals surface area contributed by atoms with Crippen molar-refractivity contribution in [1.29, 1.82) is 0 Å². The zero-order valence-electron chi connectivity index (χ0n) is 16.7. The van der Waals surface area contributed by atoms with E-state index in [0.29, 0.717) is 6.54 Å². The van der Waals surface area contributed by atoms with Crippen LogP contribution in [0.4, 0.5) is 5.13 Å². The third kappa shape index (κ3) is 5.01. The highest BCUT2D eigenvalue weighted by Gasteiger charge is 2.32. The molecule has 0 aliphatic carbocycles. The second kappa shape index (κ2) is 9.18. The Morgan fingerprint density at radius 1 is 1.14 bits per heavy atom. The maximum Gasteiger partial charge on any atom is 0.242 e. The van der Waals surface area contributed by atoms with E-state index in [-0.39, 0.29) is 11.9 Å². The molecule has 2 heterocycles. The van der Waals surface area contributed by atoms with E-state index in [2.05, 4.69) is 57.9 Å². The first-order valence-electron chi connectivity index (χ1n) is 10.2. The Bertz CT molecular complexity index is 939. The van der Waals surface area contributed by atoms with Gasteiger partial charge in [-0.1, -0.05) is 60.2 Å². The molecule has 1 aromatic heterocycles. The Morgan fingerprint density at radius 2 is 1.93 bits per heavy atom. The van der Waals surface area contributed by atoms with Crippen molar-refractivity contribution in [2.75, 3.05) is 18.0 Å². The number of hydrogen-bond donors (Lipinski definition) is 1. The lowest BCUT2D eigenvalue weighted by molar-refractivity contribution is -0.122. The molecule has 5 nitrogen and oxygen atoms in total. The number of nitrogens with one attached hydrogen (secondary N) is 1. The number of anilines is 1. The molecule has 1 unspecified atom stereocenters. The summed E-state index contributed by atoms with van der Waals surface area (Å²) in [5, 5.41) is 3.96. The van der Waals surface area contributed by atoms with Crippen LogP contribution >= 0.6 is 11.5 Å². The second-order valence-electron chi connectivity index (χ2n) is 7.53. The minimum Gasteiger partial charge on any atom is -0.354 e. The van der Waals surface area contributed by atoms with E-state index >= 15 is 0 Å². The number of benzene rings is 2. The molecule has 1 fully saturated rings. The van der Waals surface area contributed by atoms with Gasteiger partial charge >= 0.3 is 0 Å². The molecular weight excluding hydrogens is 380 g/mol. The van der Waals surface area contributed by atoms with Crippen LogP contribution in [0.25, 0.3) is 0 Å². The fourth-order valence-corrected chi connectivity index (χ4v) is 4.44. The Labute approximate surface area is 176 Å². The third-order valence-corrected chi connectivity index (χ3v) is 6.09. The van der Waals surface area contributed by atoms with Crippen molar-refractivity contribution in [1.82, 2.24) is 14.7 Å². The molecular formula is C23H26N4OS. The predicted molar refractivity (Wildman–Crippen MR) is 117 cm³/mol. The van der Waals surface area contributed by atoms with Crippen molar-refractivity contribution < 1.29 is 4.79 Å². The van der Waals surface area contributed by atoms with E-state index in [0.717, 1.165) is 43.2 Å². The van der Waals surface area contributed by atoms with Gasteiger partial charge in [-0.05, 0) is 37.3 Å². The average Bonchev–Trinajstić information content (AvgIpc) is 3.40. The van der Waals surface area contributed by atoms with Gasteiger partial charge in [0.05, 0.1) is 0 Å². The van der Waals surface area contributed by atoms with Crippen LogP contribution in [-0.2, 0) is 17.6 Å². The smallest absolute Gasteiger partial charge is 0.242 e. The zero-order chi connectivity index (χ0) is 20.1. The van der Waals surface area contributed by atoms with E-state index in [4.69, 9.17) is 4.98 Å². The van der Waals surface area contributed by atoms with Crippen molar-refractivity contribution >= 4 is 22.6 Å². The summed E-state index contributed by atoms with van der Waals surface area (Å²) >= 11 is 1.40. The quantitative estimate of drug-likeness (QED) is 0.649. The molecule has 1 N–H and O–H groups in total. The fraction of sp³-hybridized carbons (Fsp3) is 0.348. The third-order valence-electron chi connectivity index (χ3n) is 5.30. The topological polar surface area (TPSA) is 58.1 Å². The largest absolute Gasteiger partial charge is 0.354 e. The Morgan fingerprint density at radius 3 is 2.72 bits per heavy atom. The van der Waals surface area contributed by atoms with Gasteiger partial charge in [-0.2, -0.15) is 4.37 Å². The van der Waals surface area contributed by atoms with E-state index in [9.17, 15) is 4.79 Å². The second-order valence-corrected chi connectivity index (χ2v) is 8.26. The number of aromatic nitrogens is 2. The van der Waals surface area contributed by atoms with Gasteiger partial charge < -0.3 is 10.2 Å². The minimum absolute atomic E-state index is 0.0914. The van der Waals surface area contributed by atoms with Crippen molar-refractivity contribution in [2.45, 2.75) is 38.6 Å². The first-order valence-corrected chi connectivity index (χ1v) is 10.9. The number of aryl methyl sites for hydroxylation is 1. The maximum atomic E-state index is 12.8. The van der Waals surface area contributed by atoms with E-state index < -0.39 is 0 Å². The summed E-state index contributed by atoms with van der Waals surface area (Å²) in [6.07, 6.45) is 3.44. The molecule has 0 radical (unpaired) electrons. The van der Waals surface area contributed by atoms with Crippen LogP contribution in [-0.4, -0.2) is 34.4 Å². The van der Waals surface area contributed by atoms with Crippen molar-refractivity contribution in [2.24, 2.45) is 0 Å². The van der Waals surface area contributed by atoms with Crippen molar-refractivity contribution in [3.05, 3.63) is 77.1 Å². The molecule has 1 aliphatic rings. The first kappa shape index (κ1) is 19.6. The van der Waals surface area contributed by atoms with Crippen LogP contribution in [0.1, 0.15) is 35.4 Å². The highest BCUT2D eigenvalue weighted by atomic mass is 32.1. The number of hydrogen-bond acceptors (Lipinski definition) is 5. The molecule has 150 valence electrons. The normalized spacial score (nSPS) is 16.2. The van der Waals surface area contributed by atoms with E-state index in [1.165, 1.54) is 28.2 Å². The number of nitrogens with zero attached hydrogens (tertiary/aromatic N) is 3. The highest BCUT2D eigenvalue weighted by Crippen LogP contribution is 2.27. The van der Waals surface area contributed by atoms with Gasteiger partial charge in [0, 0.05) is 31.0 Å². The summed E-state index contributed by atoms with van der Waals surface area (Å²) in [6.45, 7) is 3.60. The van der Waals surface area contributed by atoms with Gasteiger partial charge in [0.25, 0.3) is 0 Å². The number of carbonyl (C=O) groups is 1. The molecule has 29 heavy (non-hydrogen) atoms. The van der Waals surface area contributed by atoms with Gasteiger partial charge in [0.15, 0.2) is 0 Å². The highest BCUT2D eigenvalue weighted by molar-refractivity contribution is 7.09. The van der Waals surface area contributed by atoms with Crippen LogP contribution in [0, 0.1) is 6.92 Å². The molecule has 6 heteroatoms. The first-order chi connectivity index (χ1) is 14.2. The summed E-state index contributed by atoms with van der Waals surface area (Å²) in [5.74, 6) is 0.915. The van der Waals surface area contributed by atoms with Crippen molar-refractivity contribution in [3.8, 4) is 0 Å². The van der Waals surface area contributed by atoms with Gasteiger partial charge in [-0.3, -0.25) is 4.79 Å². The molecule has 4 rings (SSSR count). The fourth-order valence-electron chi connectivity index (χ4n) is 3.68. The molecule has 1 aliphatic heterocycles. The lowest BCUT2D eigenvalue weighted by atomic mass is 10.1. The van der Waals surface area contributed by atoms with Gasteiger partial charge in [0.1, 0.15) is 11.9 Å². The summed E-state index contributed by atoms with van der Waals surface area (Å²) < 4.78 is 4.53. The van der Waals surface area contributed by atoms with Gasteiger partial charge in [0.2, 0.25) is 11.0 Å². The lowest BCUT2D eigenvalue weighted by Crippen LogP contribution is -2.44. The van der Waals surface area contributed by atoms with Gasteiger partial charge in [-0.15, -0.1) is 0 Å². The number of carbonyl (C=O) groups excluding carboxylic acids is 1. The maximum absolute atomic E-state index is 12.8. The summed E-state index contributed by atoms with van der Waals surface area (Å²) in [4.78, 5) is 19.6. The standard InChI is InChI=1S/C23H26N4OS/c1-17-9-11-19(12-10-17)16-21-25-23(29-26-21)27-15-5-8-20(27)22(28)24-14-13-18-6-3-2-4-7-18/h2-4,6-7,9-12,20H,5,8,13-16H2,1H3,(H,24,28). The molecule has 1 amide bonds.